The average Bonchev–Trinajstić information content (AvgIpc) is 2.90. The van der Waals surface area contributed by atoms with Crippen LogP contribution in [0.25, 0.3) is 0 Å². The van der Waals surface area contributed by atoms with E-state index in [9.17, 15) is 0 Å². The second-order valence-electron chi connectivity index (χ2n) is 4.59. The molecule has 1 aromatic heterocycles. The lowest BCUT2D eigenvalue weighted by Crippen LogP contribution is -2.31. The van der Waals surface area contributed by atoms with Gasteiger partial charge in [0, 0.05) is 31.0 Å². The zero-order chi connectivity index (χ0) is 11.0. The van der Waals surface area contributed by atoms with Crippen molar-refractivity contribution in [2.75, 3.05) is 24.6 Å². The number of hydrogen-bond acceptors (Lipinski definition) is 4. The lowest BCUT2D eigenvalue weighted by molar-refractivity contribution is 0.116. The van der Waals surface area contributed by atoms with E-state index in [1.165, 1.54) is 18.4 Å². The summed E-state index contributed by atoms with van der Waals surface area (Å²) in [5, 5.41) is 0. The number of aromatic nitrogens is 2. The first-order valence-electron chi connectivity index (χ1n) is 6.01. The zero-order valence-corrected chi connectivity index (χ0v) is 9.65. The Balaban J connectivity index is 1.78. The summed E-state index contributed by atoms with van der Waals surface area (Å²) < 4.78 is 5.68. The van der Waals surface area contributed by atoms with Gasteiger partial charge in [-0.1, -0.05) is 0 Å². The molecular weight excluding hydrogens is 202 g/mol. The molecule has 0 amide bonds. The summed E-state index contributed by atoms with van der Waals surface area (Å²) in [6.07, 6.45) is 5.54. The molecule has 1 saturated heterocycles. The Morgan fingerprint density at radius 1 is 1.50 bits per heavy atom. The van der Waals surface area contributed by atoms with Crippen molar-refractivity contribution in [3.63, 3.8) is 0 Å². The molecule has 16 heavy (non-hydrogen) atoms. The molecule has 1 fully saturated rings. The molecule has 0 aliphatic carbocycles. The lowest BCUT2D eigenvalue weighted by Gasteiger charge is -2.21. The molecule has 2 aliphatic rings. The number of fused-ring (bicyclic) bond motifs is 1. The topological polar surface area (TPSA) is 38.2 Å². The van der Waals surface area contributed by atoms with Gasteiger partial charge >= 0.3 is 0 Å². The van der Waals surface area contributed by atoms with Crippen LogP contribution in [0.2, 0.25) is 0 Å². The molecule has 0 spiro atoms. The summed E-state index contributed by atoms with van der Waals surface area (Å²) in [4.78, 5) is 11.0. The van der Waals surface area contributed by atoms with Gasteiger partial charge in [0.1, 0.15) is 12.1 Å². The summed E-state index contributed by atoms with van der Waals surface area (Å²) in [5.41, 5.74) is 2.44. The molecule has 3 rings (SSSR count). The van der Waals surface area contributed by atoms with Crippen molar-refractivity contribution in [1.29, 1.82) is 0 Å². The predicted molar refractivity (Wildman–Crippen MR) is 61.7 cm³/mol. The first kappa shape index (κ1) is 10.0. The Morgan fingerprint density at radius 3 is 3.25 bits per heavy atom. The molecule has 0 N–H and O–H groups in total. The predicted octanol–water partition coefficient (Wildman–Crippen LogP) is 1.33. The second kappa shape index (κ2) is 4.01. The summed E-state index contributed by atoms with van der Waals surface area (Å²) in [6, 6.07) is 0. The number of rotatable bonds is 2. The van der Waals surface area contributed by atoms with E-state index in [1.54, 1.807) is 6.33 Å². The standard InChI is InChI=1S/C12H17N3O/c1-9-11-4-5-15(12(11)14-8-13-9)7-10-3-2-6-16-10/h8,10H,2-7H2,1H3. The molecule has 0 bridgehead atoms. The van der Waals surface area contributed by atoms with Crippen LogP contribution in [0.15, 0.2) is 6.33 Å². The highest BCUT2D eigenvalue weighted by Crippen LogP contribution is 2.28. The third kappa shape index (κ3) is 1.67. The van der Waals surface area contributed by atoms with Crippen LogP contribution < -0.4 is 4.90 Å². The molecule has 3 heterocycles. The Morgan fingerprint density at radius 2 is 2.44 bits per heavy atom. The highest BCUT2D eigenvalue weighted by atomic mass is 16.5. The Hall–Kier alpha value is -1.16. The van der Waals surface area contributed by atoms with E-state index in [1.807, 2.05) is 0 Å². The van der Waals surface area contributed by atoms with Crippen molar-refractivity contribution in [2.45, 2.75) is 32.3 Å². The van der Waals surface area contributed by atoms with Crippen LogP contribution in [0.5, 0.6) is 0 Å². The van der Waals surface area contributed by atoms with Gasteiger partial charge in [0.2, 0.25) is 0 Å². The van der Waals surface area contributed by atoms with Crippen LogP contribution in [0, 0.1) is 6.92 Å². The largest absolute Gasteiger partial charge is 0.376 e. The molecule has 1 aromatic rings. The summed E-state index contributed by atoms with van der Waals surface area (Å²) in [5.74, 6) is 1.13. The van der Waals surface area contributed by atoms with E-state index >= 15 is 0 Å². The highest BCUT2D eigenvalue weighted by Gasteiger charge is 2.26. The minimum Gasteiger partial charge on any atom is -0.376 e. The molecule has 4 nitrogen and oxygen atoms in total. The normalized spacial score (nSPS) is 23.8. The van der Waals surface area contributed by atoms with Gasteiger partial charge in [-0.05, 0) is 26.2 Å². The Kier molecular flexibility index (Phi) is 2.52. The summed E-state index contributed by atoms with van der Waals surface area (Å²) in [7, 11) is 0. The number of ether oxygens (including phenoxy) is 1. The first-order chi connectivity index (χ1) is 7.84. The van der Waals surface area contributed by atoms with Gasteiger partial charge in [-0.2, -0.15) is 0 Å². The fraction of sp³-hybridized carbons (Fsp3) is 0.667. The van der Waals surface area contributed by atoms with Crippen LogP contribution in [0.4, 0.5) is 5.82 Å². The van der Waals surface area contributed by atoms with Crippen molar-refractivity contribution in [2.24, 2.45) is 0 Å². The van der Waals surface area contributed by atoms with Gasteiger partial charge in [-0.3, -0.25) is 0 Å². The van der Waals surface area contributed by atoms with Gasteiger partial charge in [0.15, 0.2) is 0 Å². The average molecular weight is 219 g/mol. The smallest absolute Gasteiger partial charge is 0.135 e. The Bertz CT molecular complexity index is 388. The lowest BCUT2D eigenvalue weighted by atomic mass is 10.2. The van der Waals surface area contributed by atoms with Crippen LogP contribution in [-0.2, 0) is 11.2 Å². The quantitative estimate of drug-likeness (QED) is 0.752. The fourth-order valence-electron chi connectivity index (χ4n) is 2.62. The minimum absolute atomic E-state index is 0.404. The fourth-order valence-corrected chi connectivity index (χ4v) is 2.62. The maximum Gasteiger partial charge on any atom is 0.135 e. The molecule has 4 heteroatoms. The second-order valence-corrected chi connectivity index (χ2v) is 4.59. The van der Waals surface area contributed by atoms with Crippen molar-refractivity contribution >= 4 is 5.82 Å². The van der Waals surface area contributed by atoms with Crippen molar-refractivity contribution < 1.29 is 4.74 Å². The van der Waals surface area contributed by atoms with E-state index < -0.39 is 0 Å². The van der Waals surface area contributed by atoms with Crippen LogP contribution in [-0.4, -0.2) is 35.8 Å². The number of hydrogen-bond donors (Lipinski definition) is 0. The molecule has 1 unspecified atom stereocenters. The monoisotopic (exact) mass is 219 g/mol. The van der Waals surface area contributed by atoms with Crippen LogP contribution in [0.1, 0.15) is 24.1 Å². The SMILES string of the molecule is Cc1ncnc2c1CCN2CC1CCCO1. The van der Waals surface area contributed by atoms with Gasteiger partial charge in [-0.15, -0.1) is 0 Å². The van der Waals surface area contributed by atoms with Gasteiger partial charge in [0.25, 0.3) is 0 Å². The van der Waals surface area contributed by atoms with Crippen molar-refractivity contribution in [1.82, 2.24) is 9.97 Å². The maximum atomic E-state index is 5.68. The van der Waals surface area contributed by atoms with Crippen molar-refractivity contribution in [3.8, 4) is 0 Å². The van der Waals surface area contributed by atoms with Crippen LogP contribution >= 0.6 is 0 Å². The first-order valence-corrected chi connectivity index (χ1v) is 6.01. The third-order valence-electron chi connectivity index (χ3n) is 3.52. The maximum absolute atomic E-state index is 5.68. The molecule has 2 aliphatic heterocycles. The van der Waals surface area contributed by atoms with E-state index in [0.29, 0.717) is 6.10 Å². The van der Waals surface area contributed by atoms with Crippen molar-refractivity contribution in [3.05, 3.63) is 17.6 Å². The zero-order valence-electron chi connectivity index (χ0n) is 9.65. The molecule has 0 saturated carbocycles. The van der Waals surface area contributed by atoms with Gasteiger partial charge in [0.05, 0.1) is 6.10 Å². The van der Waals surface area contributed by atoms with Gasteiger partial charge in [-0.25, -0.2) is 9.97 Å². The van der Waals surface area contributed by atoms with E-state index in [2.05, 4.69) is 21.8 Å². The third-order valence-corrected chi connectivity index (χ3v) is 3.52. The van der Waals surface area contributed by atoms with E-state index in [0.717, 1.165) is 37.6 Å². The molecule has 0 aromatic carbocycles. The van der Waals surface area contributed by atoms with E-state index in [4.69, 9.17) is 4.74 Å². The summed E-state index contributed by atoms with van der Waals surface area (Å²) in [6.45, 7) is 5.04. The summed E-state index contributed by atoms with van der Waals surface area (Å²) >= 11 is 0. The molecule has 86 valence electrons. The Labute approximate surface area is 95.7 Å². The van der Waals surface area contributed by atoms with E-state index in [-0.39, 0.29) is 0 Å². The number of anilines is 1. The molecular formula is C12H17N3O. The minimum atomic E-state index is 0.404. The highest BCUT2D eigenvalue weighted by molar-refractivity contribution is 5.53. The van der Waals surface area contributed by atoms with Gasteiger partial charge < -0.3 is 9.64 Å². The molecule has 1 atom stereocenters. The number of nitrogens with zero attached hydrogens (tertiary/aromatic N) is 3. The van der Waals surface area contributed by atoms with Crippen LogP contribution in [0.3, 0.4) is 0 Å². The number of aryl methyl sites for hydroxylation is 1. The molecule has 0 radical (unpaired) electrons.